The van der Waals surface area contributed by atoms with Crippen molar-refractivity contribution >= 4 is 11.9 Å². The van der Waals surface area contributed by atoms with Gasteiger partial charge in [0.1, 0.15) is 11.6 Å². The van der Waals surface area contributed by atoms with Crippen LogP contribution in [0.3, 0.4) is 0 Å². The zero-order valence-electron chi connectivity index (χ0n) is 16.0. The van der Waals surface area contributed by atoms with Crippen LogP contribution in [0.5, 0.6) is 5.75 Å². The van der Waals surface area contributed by atoms with E-state index in [9.17, 15) is 18.8 Å². The number of nitrogens with zero attached hydrogens (tertiary/aromatic N) is 2. The fourth-order valence-corrected chi connectivity index (χ4v) is 2.45. The van der Waals surface area contributed by atoms with E-state index in [-0.39, 0.29) is 30.3 Å². The van der Waals surface area contributed by atoms with Crippen molar-refractivity contribution in [3.63, 3.8) is 0 Å². The maximum atomic E-state index is 13.2. The molecule has 156 valence electrons. The lowest BCUT2D eigenvalue weighted by Crippen LogP contribution is -2.30. The van der Waals surface area contributed by atoms with E-state index < -0.39 is 29.9 Å². The molecule has 3 rings (SSSR count). The van der Waals surface area contributed by atoms with E-state index >= 15 is 0 Å². The topological polar surface area (TPSA) is 113 Å². The lowest BCUT2D eigenvalue weighted by Gasteiger charge is -2.12. The summed E-state index contributed by atoms with van der Waals surface area (Å²) in [5.74, 6) is -1.47. The largest absolute Gasteiger partial charge is 0.481 e. The number of esters is 1. The number of ether oxygens (including phenoxy) is 2. The molecule has 1 aromatic carbocycles. The number of aromatic nitrogens is 2. The van der Waals surface area contributed by atoms with Crippen LogP contribution in [0, 0.1) is 5.82 Å². The van der Waals surface area contributed by atoms with Crippen molar-refractivity contribution in [2.45, 2.75) is 13.5 Å². The van der Waals surface area contributed by atoms with Crippen LogP contribution in [0.1, 0.15) is 23.2 Å². The smallest absolute Gasteiger partial charge is 0.362 e. The van der Waals surface area contributed by atoms with Gasteiger partial charge in [0.05, 0.1) is 31.2 Å². The van der Waals surface area contributed by atoms with Crippen molar-refractivity contribution < 1.29 is 27.9 Å². The minimum Gasteiger partial charge on any atom is -0.481 e. The Morgan fingerprint density at radius 3 is 2.67 bits per heavy atom. The average Bonchev–Trinajstić information content (AvgIpc) is 3.25. The van der Waals surface area contributed by atoms with Crippen LogP contribution in [-0.2, 0) is 16.1 Å². The van der Waals surface area contributed by atoms with Gasteiger partial charge in [-0.05, 0) is 43.3 Å². The van der Waals surface area contributed by atoms with E-state index in [1.165, 1.54) is 18.4 Å². The molecule has 2 heterocycles. The van der Waals surface area contributed by atoms with Gasteiger partial charge >= 0.3 is 5.97 Å². The zero-order valence-corrected chi connectivity index (χ0v) is 16.0. The molecule has 0 aliphatic rings. The summed E-state index contributed by atoms with van der Waals surface area (Å²) in [6.45, 7) is 1.37. The third-order valence-corrected chi connectivity index (χ3v) is 3.84. The number of hydrogen-bond acceptors (Lipinski definition) is 7. The van der Waals surface area contributed by atoms with Gasteiger partial charge in [-0.25, -0.2) is 9.18 Å². The molecule has 9 nitrogen and oxygen atoms in total. The molecule has 0 aliphatic heterocycles. The summed E-state index contributed by atoms with van der Waals surface area (Å²) in [6.07, 6.45) is 1.48. The monoisotopic (exact) mass is 415 g/mol. The van der Waals surface area contributed by atoms with Crippen LogP contribution in [0.15, 0.2) is 57.9 Å². The van der Waals surface area contributed by atoms with Gasteiger partial charge in [-0.3, -0.25) is 9.59 Å². The first-order valence-corrected chi connectivity index (χ1v) is 8.97. The highest BCUT2D eigenvalue weighted by atomic mass is 19.1. The van der Waals surface area contributed by atoms with Crippen molar-refractivity contribution in [1.29, 1.82) is 0 Å². The molecule has 0 spiro atoms. The van der Waals surface area contributed by atoms with Gasteiger partial charge in [0, 0.05) is 0 Å². The molecule has 0 fully saturated rings. The Bertz CT molecular complexity index is 1080. The summed E-state index contributed by atoms with van der Waals surface area (Å²) >= 11 is 0. The number of hydrogen-bond donors (Lipinski definition) is 1. The molecule has 0 bridgehead atoms. The standard InChI is InChI=1S/C20H18FN3O6/c1-2-28-20(27)19-16(30-12-17(25)22-11-15-4-3-9-29-15)10-18(26)24(23-19)14-7-5-13(21)6-8-14/h3-10H,2,11-12H2,1H3,(H,22,25). The summed E-state index contributed by atoms with van der Waals surface area (Å²) in [7, 11) is 0. The lowest BCUT2D eigenvalue weighted by molar-refractivity contribution is -0.123. The van der Waals surface area contributed by atoms with E-state index in [2.05, 4.69) is 10.4 Å². The minimum absolute atomic E-state index is 0.0687. The van der Waals surface area contributed by atoms with Crippen LogP contribution in [0.25, 0.3) is 5.69 Å². The normalized spacial score (nSPS) is 10.5. The highest BCUT2D eigenvalue weighted by Gasteiger charge is 2.20. The van der Waals surface area contributed by atoms with Crippen LogP contribution in [-0.4, -0.2) is 34.9 Å². The molecule has 0 radical (unpaired) electrons. The third kappa shape index (κ3) is 5.10. The minimum atomic E-state index is -0.834. The van der Waals surface area contributed by atoms with Gasteiger partial charge < -0.3 is 19.2 Å². The molecular formula is C20H18FN3O6. The predicted molar refractivity (Wildman–Crippen MR) is 102 cm³/mol. The average molecular weight is 415 g/mol. The van der Waals surface area contributed by atoms with Crippen LogP contribution >= 0.6 is 0 Å². The first-order valence-electron chi connectivity index (χ1n) is 8.97. The Hall–Kier alpha value is -3.95. The number of carbonyl (C=O) groups is 2. The first kappa shape index (κ1) is 20.8. The molecular weight excluding hydrogens is 397 g/mol. The van der Waals surface area contributed by atoms with Crippen molar-refractivity contribution in [2.75, 3.05) is 13.2 Å². The van der Waals surface area contributed by atoms with Gasteiger partial charge in [-0.1, -0.05) is 0 Å². The predicted octanol–water partition coefficient (Wildman–Crippen LogP) is 1.84. The molecule has 30 heavy (non-hydrogen) atoms. The Kier molecular flexibility index (Phi) is 6.58. The molecule has 0 saturated carbocycles. The molecule has 0 saturated heterocycles. The highest BCUT2D eigenvalue weighted by molar-refractivity contribution is 5.90. The Morgan fingerprint density at radius 1 is 1.23 bits per heavy atom. The van der Waals surface area contributed by atoms with Gasteiger partial charge in [0.25, 0.3) is 11.5 Å². The maximum Gasteiger partial charge on any atom is 0.362 e. The molecule has 1 N–H and O–H groups in total. The number of amides is 1. The molecule has 10 heteroatoms. The van der Waals surface area contributed by atoms with Crippen molar-refractivity contribution in [1.82, 2.24) is 15.1 Å². The molecule has 0 unspecified atom stereocenters. The van der Waals surface area contributed by atoms with Gasteiger partial charge in [0.15, 0.2) is 12.4 Å². The Balaban J connectivity index is 1.80. The highest BCUT2D eigenvalue weighted by Crippen LogP contribution is 2.16. The van der Waals surface area contributed by atoms with E-state index in [1.54, 1.807) is 19.1 Å². The quantitative estimate of drug-likeness (QED) is 0.559. The SMILES string of the molecule is CCOC(=O)c1nn(-c2ccc(F)cc2)c(=O)cc1OCC(=O)NCc1ccco1. The molecule has 3 aromatic rings. The second-order valence-corrected chi connectivity index (χ2v) is 5.95. The van der Waals surface area contributed by atoms with E-state index in [1.807, 2.05) is 0 Å². The van der Waals surface area contributed by atoms with E-state index in [4.69, 9.17) is 13.9 Å². The molecule has 0 atom stereocenters. The second-order valence-electron chi connectivity index (χ2n) is 5.95. The van der Waals surface area contributed by atoms with Gasteiger partial charge in [-0.15, -0.1) is 0 Å². The van der Waals surface area contributed by atoms with E-state index in [0.29, 0.717) is 5.76 Å². The molecule has 1 amide bonds. The number of carbonyl (C=O) groups excluding carboxylic acids is 2. The van der Waals surface area contributed by atoms with Crippen LogP contribution < -0.4 is 15.6 Å². The van der Waals surface area contributed by atoms with E-state index in [0.717, 1.165) is 22.9 Å². The van der Waals surface area contributed by atoms with Crippen molar-refractivity contribution in [3.05, 3.63) is 76.4 Å². The molecule has 2 aromatic heterocycles. The zero-order chi connectivity index (χ0) is 21.5. The number of furan rings is 1. The summed E-state index contributed by atoms with van der Waals surface area (Å²) in [4.78, 5) is 36.7. The van der Waals surface area contributed by atoms with Gasteiger partial charge in [-0.2, -0.15) is 9.78 Å². The first-order chi connectivity index (χ1) is 14.5. The summed E-state index contributed by atoms with van der Waals surface area (Å²) < 4.78 is 29.5. The molecule has 0 aliphatic carbocycles. The van der Waals surface area contributed by atoms with Crippen molar-refractivity contribution in [3.8, 4) is 11.4 Å². The maximum absolute atomic E-state index is 13.2. The number of nitrogens with one attached hydrogen (secondary N) is 1. The number of halogens is 1. The second kappa shape index (κ2) is 9.50. The fraction of sp³-hybridized carbons (Fsp3) is 0.200. The lowest BCUT2D eigenvalue weighted by atomic mass is 10.3. The summed E-state index contributed by atoms with van der Waals surface area (Å²) in [5, 5.41) is 6.56. The van der Waals surface area contributed by atoms with Crippen LogP contribution in [0.2, 0.25) is 0 Å². The fourth-order valence-electron chi connectivity index (χ4n) is 2.45. The summed E-state index contributed by atoms with van der Waals surface area (Å²) in [5.41, 5.74) is -0.685. The summed E-state index contributed by atoms with van der Waals surface area (Å²) in [6, 6.07) is 9.37. The third-order valence-electron chi connectivity index (χ3n) is 3.84. The van der Waals surface area contributed by atoms with Gasteiger partial charge in [0.2, 0.25) is 5.69 Å². The Morgan fingerprint density at radius 2 is 2.00 bits per heavy atom. The Labute approximate surface area is 170 Å². The van der Waals surface area contributed by atoms with Crippen LogP contribution in [0.4, 0.5) is 4.39 Å². The van der Waals surface area contributed by atoms with Crippen molar-refractivity contribution in [2.24, 2.45) is 0 Å². The number of benzene rings is 1. The number of rotatable bonds is 8.